The van der Waals surface area contributed by atoms with Gasteiger partial charge in [0, 0.05) is 31.7 Å². The molecule has 0 amide bonds. The van der Waals surface area contributed by atoms with E-state index in [4.69, 9.17) is 15.2 Å². The average Bonchev–Trinajstić information content (AvgIpc) is 2.89. The van der Waals surface area contributed by atoms with Crippen LogP contribution in [0.3, 0.4) is 0 Å². The first kappa shape index (κ1) is 14.9. The Kier molecular flexibility index (Phi) is 2.62. The molecule has 4 aliphatic rings. The second-order valence-corrected chi connectivity index (χ2v) is 7.25. The molecule has 23 heavy (non-hydrogen) atoms. The summed E-state index contributed by atoms with van der Waals surface area (Å²) in [5.41, 5.74) is 3.39. The zero-order valence-corrected chi connectivity index (χ0v) is 13.7. The number of piperidine rings is 1. The Balaban J connectivity index is 1.93. The van der Waals surface area contributed by atoms with Crippen LogP contribution in [-0.2, 0) is 9.47 Å². The minimum absolute atomic E-state index is 0.189. The number of ether oxygens (including phenoxy) is 2. The Hall–Kier alpha value is -1.67. The summed E-state index contributed by atoms with van der Waals surface area (Å²) in [6.45, 7) is 0. The molecule has 7 heteroatoms. The summed E-state index contributed by atoms with van der Waals surface area (Å²) in [5.74, 6) is -1.30. The molecule has 2 N–H and O–H groups in total. The summed E-state index contributed by atoms with van der Waals surface area (Å²) >= 11 is 0. The van der Waals surface area contributed by atoms with Crippen LogP contribution in [0.4, 0.5) is 0 Å². The highest BCUT2D eigenvalue weighted by Crippen LogP contribution is 2.89. The maximum Gasteiger partial charge on any atom is 0.292 e. The lowest BCUT2D eigenvalue weighted by molar-refractivity contribution is -0.239. The van der Waals surface area contributed by atoms with Crippen LogP contribution in [-0.4, -0.2) is 50.0 Å². The van der Waals surface area contributed by atoms with Gasteiger partial charge in [0.2, 0.25) is 0 Å². The molecule has 1 spiro atoms. The fraction of sp³-hybridized carbons (Fsp3) is 0.812. The highest BCUT2D eigenvalue weighted by Gasteiger charge is 3.01. The van der Waals surface area contributed by atoms with Gasteiger partial charge in [-0.05, 0) is 32.7 Å². The lowest BCUT2D eigenvalue weighted by atomic mass is 9.77. The van der Waals surface area contributed by atoms with E-state index in [2.05, 4.69) is 29.1 Å². The van der Waals surface area contributed by atoms with Crippen LogP contribution < -0.4 is 5.73 Å². The van der Waals surface area contributed by atoms with Gasteiger partial charge in [-0.3, -0.25) is 0 Å². The lowest BCUT2D eigenvalue weighted by Crippen LogP contribution is -2.49. The normalized spacial score (nSPS) is 49.3. The molecule has 0 aromatic heterocycles. The summed E-state index contributed by atoms with van der Waals surface area (Å²) in [7, 11) is 5.05. The summed E-state index contributed by atoms with van der Waals surface area (Å²) in [6.07, 6.45) is 3.70. The van der Waals surface area contributed by atoms with Gasteiger partial charge in [0.05, 0.1) is 12.1 Å². The van der Waals surface area contributed by atoms with E-state index in [1.807, 2.05) is 0 Å². The minimum Gasteiger partial charge on any atom is -0.386 e. The van der Waals surface area contributed by atoms with Crippen LogP contribution >= 0.6 is 0 Å². The van der Waals surface area contributed by atoms with Gasteiger partial charge < -0.3 is 20.1 Å². The van der Waals surface area contributed by atoms with Crippen LogP contribution in [0, 0.1) is 38.9 Å². The highest BCUT2D eigenvalue weighted by atomic mass is 16.7. The third kappa shape index (κ3) is 1.11. The van der Waals surface area contributed by atoms with Crippen molar-refractivity contribution < 1.29 is 9.47 Å². The van der Waals surface area contributed by atoms with Gasteiger partial charge in [-0.2, -0.15) is 10.5 Å². The van der Waals surface area contributed by atoms with E-state index < -0.39 is 22.2 Å². The fourth-order valence-corrected chi connectivity index (χ4v) is 6.07. The van der Waals surface area contributed by atoms with Gasteiger partial charge in [0.15, 0.2) is 5.41 Å². The van der Waals surface area contributed by atoms with Crippen molar-refractivity contribution in [3.8, 4) is 12.1 Å². The Morgan fingerprint density at radius 2 is 1.74 bits per heavy atom. The largest absolute Gasteiger partial charge is 0.386 e. The number of nitrogens with zero attached hydrogens (tertiary/aromatic N) is 4. The average molecular weight is 315 g/mol. The Morgan fingerprint density at radius 3 is 2.17 bits per heavy atom. The van der Waals surface area contributed by atoms with Crippen LogP contribution in [0.25, 0.3) is 0 Å². The van der Waals surface area contributed by atoms with Crippen molar-refractivity contribution in [3.63, 3.8) is 0 Å². The van der Waals surface area contributed by atoms with E-state index in [0.29, 0.717) is 12.1 Å². The number of hydrogen-bond donors (Lipinski definition) is 1. The predicted molar refractivity (Wildman–Crippen MR) is 80.7 cm³/mol. The molecular formula is C16H21N5O2. The fourth-order valence-electron chi connectivity index (χ4n) is 6.07. The van der Waals surface area contributed by atoms with Gasteiger partial charge in [-0.15, -0.1) is 0 Å². The van der Waals surface area contributed by atoms with Crippen molar-refractivity contribution in [2.24, 2.45) is 27.0 Å². The molecule has 3 heterocycles. The molecule has 0 aromatic carbocycles. The van der Waals surface area contributed by atoms with E-state index >= 15 is 0 Å². The maximum atomic E-state index is 10.2. The molecule has 2 bridgehead atoms. The molecule has 4 atom stereocenters. The first-order valence-corrected chi connectivity index (χ1v) is 7.96. The quantitative estimate of drug-likeness (QED) is 0.747. The van der Waals surface area contributed by atoms with Crippen molar-refractivity contribution in [1.82, 2.24) is 4.90 Å². The van der Waals surface area contributed by atoms with Gasteiger partial charge in [-0.1, -0.05) is 0 Å². The standard InChI is InChI=1S/C16H21N5O2/c1-21-10-4-5-11(21)7-13(6-10)14(8-17)12(19)20-16(22-2,23-3)15(13,14)9-18/h10-11H,4-7H2,1-3H3,(H2,19,20)/t10-,11-,14-,15-/m1/s1. The number of nitrogens with two attached hydrogens (primary N) is 1. The van der Waals surface area contributed by atoms with Crippen LogP contribution in [0.1, 0.15) is 25.7 Å². The second-order valence-electron chi connectivity index (χ2n) is 7.25. The molecule has 3 fully saturated rings. The first-order chi connectivity index (χ1) is 11.0. The first-order valence-electron chi connectivity index (χ1n) is 7.96. The van der Waals surface area contributed by atoms with Gasteiger partial charge >= 0.3 is 0 Å². The minimum atomic E-state index is -1.49. The number of hydrogen-bond acceptors (Lipinski definition) is 7. The van der Waals surface area contributed by atoms with Crippen LogP contribution in [0.15, 0.2) is 4.99 Å². The van der Waals surface area contributed by atoms with E-state index in [0.717, 1.165) is 25.7 Å². The van der Waals surface area contributed by atoms with Crippen molar-refractivity contribution >= 4 is 5.84 Å². The molecule has 122 valence electrons. The number of rotatable bonds is 2. The van der Waals surface area contributed by atoms with E-state index in [-0.39, 0.29) is 5.84 Å². The van der Waals surface area contributed by atoms with Crippen molar-refractivity contribution in [2.75, 3.05) is 21.3 Å². The molecule has 2 saturated heterocycles. The zero-order chi connectivity index (χ0) is 16.7. The summed E-state index contributed by atoms with van der Waals surface area (Å²) in [5, 5.41) is 20.2. The third-order valence-corrected chi connectivity index (χ3v) is 7.10. The number of nitriles is 2. The van der Waals surface area contributed by atoms with E-state index in [1.165, 1.54) is 14.2 Å². The van der Waals surface area contributed by atoms with Gasteiger partial charge in [-0.25, -0.2) is 4.99 Å². The molecule has 3 aliphatic heterocycles. The predicted octanol–water partition coefficient (Wildman–Crippen LogP) is 0.580. The highest BCUT2D eigenvalue weighted by molar-refractivity contribution is 6.00. The zero-order valence-electron chi connectivity index (χ0n) is 13.7. The SMILES string of the molecule is COC1(OC)N=C(N)[C@]2(C#N)C3(C[C@H]4CC[C@H](C3)N4C)[C@@]12C#N. The van der Waals surface area contributed by atoms with Crippen LogP contribution in [0.2, 0.25) is 0 Å². The molecule has 1 aliphatic carbocycles. The Morgan fingerprint density at radius 1 is 1.17 bits per heavy atom. The number of fused-ring (bicyclic) bond motifs is 5. The summed E-state index contributed by atoms with van der Waals surface area (Å²) < 4.78 is 11.1. The monoisotopic (exact) mass is 315 g/mol. The second kappa shape index (κ2) is 4.05. The summed E-state index contributed by atoms with van der Waals surface area (Å²) in [4.78, 5) is 6.68. The van der Waals surface area contributed by atoms with Gasteiger partial charge in [0.1, 0.15) is 11.3 Å². The molecule has 1 saturated carbocycles. The molecular weight excluding hydrogens is 294 g/mol. The Labute approximate surface area is 135 Å². The summed E-state index contributed by atoms with van der Waals surface area (Å²) in [6, 6.07) is 5.49. The van der Waals surface area contributed by atoms with E-state index in [9.17, 15) is 10.5 Å². The topological polar surface area (TPSA) is 108 Å². The molecule has 0 radical (unpaired) electrons. The van der Waals surface area contributed by atoms with Gasteiger partial charge in [0.25, 0.3) is 5.91 Å². The maximum absolute atomic E-state index is 10.2. The van der Waals surface area contributed by atoms with Crippen molar-refractivity contribution in [3.05, 3.63) is 0 Å². The molecule has 7 nitrogen and oxygen atoms in total. The third-order valence-electron chi connectivity index (χ3n) is 7.10. The van der Waals surface area contributed by atoms with Crippen molar-refractivity contribution in [2.45, 2.75) is 43.7 Å². The Bertz CT molecular complexity index is 674. The number of methoxy groups -OCH3 is 2. The van der Waals surface area contributed by atoms with E-state index in [1.54, 1.807) is 0 Å². The smallest absolute Gasteiger partial charge is 0.292 e. The van der Waals surface area contributed by atoms with Crippen LogP contribution in [0.5, 0.6) is 0 Å². The number of aliphatic imine (C=N–C) groups is 1. The number of amidine groups is 1. The molecule has 4 rings (SSSR count). The molecule has 0 unspecified atom stereocenters. The molecule has 0 aromatic rings. The lowest BCUT2D eigenvalue weighted by Gasteiger charge is -2.41. The van der Waals surface area contributed by atoms with Crippen molar-refractivity contribution in [1.29, 1.82) is 10.5 Å².